The molecule has 2 aliphatic heterocycles. The first kappa shape index (κ1) is 22.5. The fourth-order valence-electron chi connectivity index (χ4n) is 4.99. The highest BCUT2D eigenvalue weighted by Crippen LogP contribution is 2.26. The third kappa shape index (κ3) is 4.91. The molecule has 2 unspecified atom stereocenters. The van der Waals surface area contributed by atoms with Crippen LogP contribution in [0.1, 0.15) is 64.9 Å². The molecule has 2 saturated heterocycles. The van der Waals surface area contributed by atoms with Gasteiger partial charge in [-0.2, -0.15) is 0 Å². The highest BCUT2D eigenvalue weighted by molar-refractivity contribution is 6.00. The molecule has 0 aliphatic carbocycles. The quantitative estimate of drug-likeness (QED) is 0.720. The molecule has 2 atom stereocenters. The Morgan fingerprint density at radius 1 is 1.20 bits per heavy atom. The molecular weight excluding hydrogens is 376 g/mol. The van der Waals surface area contributed by atoms with E-state index in [1.807, 2.05) is 54.4 Å². The van der Waals surface area contributed by atoms with Crippen molar-refractivity contribution >= 4 is 17.8 Å². The fourth-order valence-corrected chi connectivity index (χ4v) is 4.99. The van der Waals surface area contributed by atoms with Crippen molar-refractivity contribution in [3.63, 3.8) is 0 Å². The van der Waals surface area contributed by atoms with Gasteiger partial charge in [0, 0.05) is 33.0 Å². The lowest BCUT2D eigenvalue weighted by atomic mass is 9.90. The van der Waals surface area contributed by atoms with Gasteiger partial charge < -0.3 is 4.90 Å². The standard InChI is InChI=1S/C24H36N4O2/c1-17(2)16-24(4)22(30)28(23(25)26-24)15-12-19-10-13-27(14-11-19)21(29)18(3)20-8-6-5-7-9-20/h5-9,17-19H,10-16H2,1-4H3,(H2,25,26)/p+1. The van der Waals surface area contributed by atoms with Gasteiger partial charge in [0.1, 0.15) is 0 Å². The number of guanidine groups is 1. The zero-order valence-corrected chi connectivity index (χ0v) is 18.9. The van der Waals surface area contributed by atoms with Crippen molar-refractivity contribution in [1.29, 1.82) is 5.41 Å². The topological polar surface area (TPSA) is 81.1 Å². The minimum Gasteiger partial charge on any atom is -0.342 e. The third-order valence-corrected chi connectivity index (χ3v) is 6.67. The average Bonchev–Trinajstić information content (AvgIpc) is 2.93. The fraction of sp³-hybridized carbons (Fsp3) is 0.625. The molecule has 6 heteroatoms. The molecule has 1 aromatic rings. The number of piperidine rings is 1. The number of nitrogens with zero attached hydrogens (tertiary/aromatic N) is 2. The SMILES string of the molecule is CC(C)CC1(C)[NH2+]C(=N)N(CCC2CCN(C(=O)C(C)c3ccccc3)CC2)C1=O. The molecule has 2 heterocycles. The van der Waals surface area contributed by atoms with Crippen molar-refractivity contribution in [2.45, 2.75) is 64.8 Å². The maximum atomic E-state index is 12.9. The lowest BCUT2D eigenvalue weighted by molar-refractivity contribution is -0.602. The van der Waals surface area contributed by atoms with Crippen molar-refractivity contribution in [1.82, 2.24) is 9.80 Å². The molecular formula is C24H37N4O2+. The summed E-state index contributed by atoms with van der Waals surface area (Å²) in [5.41, 5.74) is 0.533. The largest absolute Gasteiger partial charge is 0.342 e. The second-order valence-electron chi connectivity index (χ2n) is 9.69. The molecule has 2 aliphatic rings. The van der Waals surface area contributed by atoms with Gasteiger partial charge in [0.15, 0.2) is 5.54 Å². The smallest absolute Gasteiger partial charge is 0.301 e. The van der Waals surface area contributed by atoms with Crippen LogP contribution in [0.3, 0.4) is 0 Å². The van der Waals surface area contributed by atoms with Gasteiger partial charge in [-0.15, -0.1) is 0 Å². The van der Waals surface area contributed by atoms with Crippen molar-refractivity contribution in [3.8, 4) is 0 Å². The molecule has 30 heavy (non-hydrogen) atoms. The molecule has 1 aromatic carbocycles. The lowest BCUT2D eigenvalue weighted by Gasteiger charge is -2.34. The number of likely N-dealkylation sites (tertiary alicyclic amines) is 1. The average molecular weight is 414 g/mol. The van der Waals surface area contributed by atoms with E-state index < -0.39 is 5.54 Å². The Morgan fingerprint density at radius 2 is 1.83 bits per heavy atom. The van der Waals surface area contributed by atoms with Gasteiger partial charge in [0.25, 0.3) is 5.91 Å². The molecule has 0 bridgehead atoms. The Kier molecular flexibility index (Phi) is 6.96. The second kappa shape index (κ2) is 9.29. The molecule has 0 aromatic heterocycles. The van der Waals surface area contributed by atoms with Crippen LogP contribution in [0.15, 0.2) is 30.3 Å². The van der Waals surface area contributed by atoms with Gasteiger partial charge >= 0.3 is 5.96 Å². The Balaban J connectivity index is 1.48. The van der Waals surface area contributed by atoms with Gasteiger partial charge in [-0.05, 0) is 43.6 Å². The van der Waals surface area contributed by atoms with Crippen molar-refractivity contribution < 1.29 is 14.9 Å². The number of nitrogens with one attached hydrogen (secondary N) is 1. The van der Waals surface area contributed by atoms with Crippen LogP contribution in [0, 0.1) is 17.2 Å². The van der Waals surface area contributed by atoms with E-state index in [9.17, 15) is 9.59 Å². The summed E-state index contributed by atoms with van der Waals surface area (Å²) >= 11 is 0. The molecule has 0 radical (unpaired) electrons. The first-order valence-electron chi connectivity index (χ1n) is 11.3. The van der Waals surface area contributed by atoms with Crippen LogP contribution in [0.4, 0.5) is 0 Å². The predicted molar refractivity (Wildman–Crippen MR) is 118 cm³/mol. The van der Waals surface area contributed by atoms with E-state index in [-0.39, 0.29) is 17.7 Å². The maximum absolute atomic E-state index is 12.9. The Hall–Kier alpha value is -2.21. The summed E-state index contributed by atoms with van der Waals surface area (Å²) in [5, 5.41) is 10.1. The zero-order chi connectivity index (χ0) is 21.9. The summed E-state index contributed by atoms with van der Waals surface area (Å²) in [6, 6.07) is 9.96. The van der Waals surface area contributed by atoms with Crippen LogP contribution >= 0.6 is 0 Å². The van der Waals surface area contributed by atoms with Crippen LogP contribution in [0.25, 0.3) is 0 Å². The van der Waals surface area contributed by atoms with E-state index in [0.29, 0.717) is 24.3 Å². The number of rotatable bonds is 7. The van der Waals surface area contributed by atoms with E-state index in [4.69, 9.17) is 5.41 Å². The molecule has 6 nitrogen and oxygen atoms in total. The van der Waals surface area contributed by atoms with Crippen molar-refractivity contribution in [2.24, 2.45) is 11.8 Å². The lowest BCUT2D eigenvalue weighted by Crippen LogP contribution is -2.96. The van der Waals surface area contributed by atoms with Gasteiger partial charge in [-0.3, -0.25) is 14.9 Å². The van der Waals surface area contributed by atoms with Crippen LogP contribution < -0.4 is 5.32 Å². The van der Waals surface area contributed by atoms with Crippen LogP contribution in [0.5, 0.6) is 0 Å². The summed E-state index contributed by atoms with van der Waals surface area (Å²) in [6.45, 7) is 10.4. The number of nitrogens with two attached hydrogens (primary N) is 1. The van der Waals surface area contributed by atoms with Gasteiger partial charge in [0.05, 0.1) is 5.92 Å². The molecule has 0 saturated carbocycles. The predicted octanol–water partition coefficient (Wildman–Crippen LogP) is 2.56. The molecule has 3 rings (SSSR count). The monoisotopic (exact) mass is 413 g/mol. The normalized spacial score (nSPS) is 24.0. The minimum absolute atomic E-state index is 0.0745. The Bertz CT molecular complexity index is 771. The first-order chi connectivity index (χ1) is 14.2. The third-order valence-electron chi connectivity index (χ3n) is 6.67. The first-order valence-corrected chi connectivity index (χ1v) is 11.3. The summed E-state index contributed by atoms with van der Waals surface area (Å²) in [7, 11) is 0. The minimum atomic E-state index is -0.533. The highest BCUT2D eigenvalue weighted by atomic mass is 16.2. The van der Waals surface area contributed by atoms with Gasteiger partial charge in [0.2, 0.25) is 5.91 Å². The number of carbonyl (C=O) groups is 2. The van der Waals surface area contributed by atoms with E-state index in [0.717, 1.165) is 44.3 Å². The summed E-state index contributed by atoms with van der Waals surface area (Å²) in [6.07, 6.45) is 3.62. The second-order valence-corrected chi connectivity index (χ2v) is 9.69. The highest BCUT2D eigenvalue weighted by Gasteiger charge is 2.50. The Labute approximate surface area is 180 Å². The number of benzene rings is 1. The number of quaternary nitrogens is 1. The molecule has 2 amide bonds. The molecule has 3 N–H and O–H groups in total. The van der Waals surface area contributed by atoms with Crippen LogP contribution in [-0.4, -0.2) is 52.7 Å². The van der Waals surface area contributed by atoms with E-state index in [2.05, 4.69) is 13.8 Å². The number of hydrogen-bond acceptors (Lipinski definition) is 3. The van der Waals surface area contributed by atoms with Crippen molar-refractivity contribution in [3.05, 3.63) is 35.9 Å². The summed E-state index contributed by atoms with van der Waals surface area (Å²) < 4.78 is 0. The number of hydrogen-bond donors (Lipinski definition) is 2. The summed E-state index contributed by atoms with van der Waals surface area (Å²) in [5.74, 6) is 1.44. The van der Waals surface area contributed by atoms with Gasteiger partial charge in [-0.1, -0.05) is 44.2 Å². The number of carbonyl (C=O) groups excluding carboxylic acids is 2. The van der Waals surface area contributed by atoms with E-state index >= 15 is 0 Å². The van der Waals surface area contributed by atoms with Gasteiger partial charge in [-0.25, -0.2) is 10.3 Å². The van der Waals surface area contributed by atoms with Crippen LogP contribution in [0.2, 0.25) is 0 Å². The number of amides is 2. The Morgan fingerprint density at radius 3 is 2.43 bits per heavy atom. The van der Waals surface area contributed by atoms with E-state index in [1.165, 1.54) is 0 Å². The molecule has 0 spiro atoms. The molecule has 164 valence electrons. The molecule has 2 fully saturated rings. The van der Waals surface area contributed by atoms with Crippen LogP contribution in [-0.2, 0) is 9.59 Å². The van der Waals surface area contributed by atoms with Crippen molar-refractivity contribution in [2.75, 3.05) is 19.6 Å². The zero-order valence-electron chi connectivity index (χ0n) is 18.9. The summed E-state index contributed by atoms with van der Waals surface area (Å²) in [4.78, 5) is 29.4. The maximum Gasteiger partial charge on any atom is 0.301 e. The van der Waals surface area contributed by atoms with E-state index in [1.54, 1.807) is 4.90 Å².